The number of nitrogens with zero attached hydrogens (tertiary/aromatic N) is 2. The van der Waals surface area contributed by atoms with Crippen molar-refractivity contribution >= 4 is 126 Å². The van der Waals surface area contributed by atoms with Crippen LogP contribution in [0.2, 0.25) is 0 Å². The number of furan rings is 2. The lowest BCUT2D eigenvalue weighted by molar-refractivity contribution is 0.332. The lowest BCUT2D eigenvalue weighted by atomic mass is 9.44. The molecule has 0 N–H and O–H groups in total. The van der Waals surface area contributed by atoms with Crippen molar-refractivity contribution in [3.63, 3.8) is 0 Å². The van der Waals surface area contributed by atoms with Crippen LogP contribution in [0.1, 0.15) is 78.0 Å². The Morgan fingerprint density at radius 3 is 1.88 bits per heavy atom. The molecule has 0 bridgehead atoms. The van der Waals surface area contributed by atoms with Crippen LogP contribution >= 0.6 is 11.3 Å². The van der Waals surface area contributed by atoms with Gasteiger partial charge in [-0.15, -0.1) is 11.3 Å². The van der Waals surface area contributed by atoms with E-state index in [2.05, 4.69) is 191 Å². The van der Waals surface area contributed by atoms with Gasteiger partial charge in [0.1, 0.15) is 22.3 Å². The highest BCUT2D eigenvalue weighted by Crippen LogP contribution is 2.53. The van der Waals surface area contributed by atoms with E-state index in [1.165, 1.54) is 105 Å². The smallest absolute Gasteiger partial charge is 0.333 e. The number of fused-ring (bicyclic) bond motifs is 18. The first-order valence-electron chi connectivity index (χ1n) is 23.6. The molecule has 0 radical (unpaired) electrons. The molecular weight excluding hydrogens is 824 g/mol. The van der Waals surface area contributed by atoms with Crippen molar-refractivity contribution in [2.75, 3.05) is 4.81 Å². The van der Waals surface area contributed by atoms with Crippen LogP contribution < -0.4 is 15.7 Å². The Hall–Kier alpha value is -6.76. The molecule has 0 atom stereocenters. The second-order valence-corrected chi connectivity index (χ2v) is 23.0. The number of anilines is 2. The number of rotatable bonds is 1. The number of benzene rings is 8. The van der Waals surface area contributed by atoms with Crippen LogP contribution in [-0.4, -0.2) is 11.4 Å². The molecule has 4 aromatic heterocycles. The molecule has 66 heavy (non-hydrogen) atoms. The first-order valence-corrected chi connectivity index (χ1v) is 24.5. The Bertz CT molecular complexity index is 4170. The van der Waals surface area contributed by atoms with Gasteiger partial charge in [0.05, 0.1) is 11.0 Å². The van der Waals surface area contributed by atoms with Crippen molar-refractivity contribution in [1.82, 2.24) is 4.57 Å². The normalized spacial score (nSPS) is 16.2. The quantitative estimate of drug-likeness (QED) is 0.154. The Morgan fingerprint density at radius 1 is 0.530 bits per heavy atom. The van der Waals surface area contributed by atoms with E-state index in [0.717, 1.165) is 49.4 Å². The predicted molar refractivity (Wildman–Crippen MR) is 281 cm³/mol. The molecule has 2 aliphatic heterocycles. The van der Waals surface area contributed by atoms with Crippen LogP contribution in [-0.2, 0) is 16.2 Å². The molecule has 3 aliphatic rings. The topological polar surface area (TPSA) is 34.5 Å². The van der Waals surface area contributed by atoms with Gasteiger partial charge in [-0.25, -0.2) is 0 Å². The molecule has 4 nitrogen and oxygen atoms in total. The summed E-state index contributed by atoms with van der Waals surface area (Å²) in [5.74, 6) is 0. The van der Waals surface area contributed by atoms with Gasteiger partial charge in [0.15, 0.2) is 0 Å². The van der Waals surface area contributed by atoms with Crippen molar-refractivity contribution in [1.29, 1.82) is 0 Å². The van der Waals surface area contributed by atoms with E-state index >= 15 is 0 Å². The maximum Gasteiger partial charge on any atom is 0.333 e. The van der Waals surface area contributed by atoms with E-state index in [0.29, 0.717) is 0 Å². The van der Waals surface area contributed by atoms with Gasteiger partial charge in [-0.3, -0.25) is 0 Å². The Labute approximate surface area is 387 Å². The third kappa shape index (κ3) is 4.75. The largest absolute Gasteiger partial charge is 0.456 e. The summed E-state index contributed by atoms with van der Waals surface area (Å²) in [5, 5.41) is 9.76. The zero-order chi connectivity index (χ0) is 44.3. The minimum atomic E-state index is -0.134. The fourth-order valence-corrected chi connectivity index (χ4v) is 13.7. The summed E-state index contributed by atoms with van der Waals surface area (Å²) in [7, 11) is 0. The maximum absolute atomic E-state index is 6.77. The summed E-state index contributed by atoms with van der Waals surface area (Å²) in [5.41, 5.74) is 19.4. The SMILES string of the molecule is CC(C)(C)c1ccc(N2B3c4cc5oc6ccccc6c5cc4-n4c5cc6oc7ccccc7c6cc5c5ccc(c3c54)-c3cc4c(cc32)sc2cc3c(cc24)C(C)(C)CCC3(C)C)cc1. The number of aromatic nitrogens is 1. The first-order chi connectivity index (χ1) is 31.8. The van der Waals surface area contributed by atoms with Crippen molar-refractivity contribution in [2.24, 2.45) is 0 Å². The van der Waals surface area contributed by atoms with Crippen molar-refractivity contribution in [2.45, 2.75) is 77.6 Å². The summed E-state index contributed by atoms with van der Waals surface area (Å²) in [6.45, 7) is 16.6. The Morgan fingerprint density at radius 2 is 1.17 bits per heavy atom. The fourth-order valence-electron chi connectivity index (χ4n) is 12.6. The third-order valence-corrected chi connectivity index (χ3v) is 17.3. The molecule has 6 heteroatoms. The Balaban J connectivity index is 1.09. The third-order valence-electron chi connectivity index (χ3n) is 16.2. The van der Waals surface area contributed by atoms with E-state index in [-0.39, 0.29) is 23.1 Å². The molecular formula is C60H47BN2O2S. The van der Waals surface area contributed by atoms with Crippen LogP contribution in [0.3, 0.4) is 0 Å². The average Bonchev–Trinajstić information content (AvgIpc) is 4.05. The summed E-state index contributed by atoms with van der Waals surface area (Å²) in [6.07, 6.45) is 2.40. The number of thiophene rings is 1. The van der Waals surface area contributed by atoms with Crippen LogP contribution in [0.4, 0.5) is 11.4 Å². The van der Waals surface area contributed by atoms with E-state index in [1.54, 1.807) is 0 Å². The second-order valence-electron chi connectivity index (χ2n) is 21.9. The molecule has 0 unspecified atom stereocenters. The second kappa shape index (κ2) is 12.2. The fraction of sp³-hybridized carbons (Fsp3) is 0.200. The first kappa shape index (κ1) is 37.5. The van der Waals surface area contributed by atoms with Gasteiger partial charge >= 0.3 is 6.85 Å². The molecule has 318 valence electrons. The standard InChI is InChI=1S/C60H47BN2O2S/c1-58(2,3)32-16-18-33(19-17-32)63-48-31-55-42(43-26-44-45(28-54(43)66-55)60(6,7)23-22-59(44,4)5)25-38(48)36-20-21-37-39-24-40-34-12-8-10-14-50(34)65-53(40)30-47(39)62-49-27-41-35-13-9-11-15-51(35)64-52(41)29-46(49)61(63)56(36)57(37)62/h8-21,24-31H,22-23H2,1-7H3. The molecule has 8 aromatic carbocycles. The summed E-state index contributed by atoms with van der Waals surface area (Å²) in [4.78, 5) is 2.67. The molecule has 0 amide bonds. The molecule has 0 fully saturated rings. The van der Waals surface area contributed by atoms with Crippen molar-refractivity contribution in [3.05, 3.63) is 150 Å². The summed E-state index contributed by atoms with van der Waals surface area (Å²) < 4.78 is 18.7. The number of para-hydroxylation sites is 2. The van der Waals surface area contributed by atoms with Gasteiger partial charge in [-0.2, -0.15) is 0 Å². The molecule has 15 rings (SSSR count). The van der Waals surface area contributed by atoms with E-state index in [4.69, 9.17) is 8.83 Å². The lowest BCUT2D eigenvalue weighted by Gasteiger charge is -2.42. The summed E-state index contributed by atoms with van der Waals surface area (Å²) >= 11 is 1.96. The van der Waals surface area contributed by atoms with Crippen molar-refractivity contribution in [3.8, 4) is 16.8 Å². The zero-order valence-corrected chi connectivity index (χ0v) is 39.1. The highest BCUT2D eigenvalue weighted by atomic mass is 32.1. The van der Waals surface area contributed by atoms with E-state index in [9.17, 15) is 0 Å². The minimum absolute atomic E-state index is 0.0262. The predicted octanol–water partition coefficient (Wildman–Crippen LogP) is 15.8. The van der Waals surface area contributed by atoms with Crippen molar-refractivity contribution < 1.29 is 8.83 Å². The molecule has 1 aliphatic carbocycles. The number of hydrogen-bond acceptors (Lipinski definition) is 4. The van der Waals surface area contributed by atoms with Crippen LogP contribution in [0.25, 0.3) is 103 Å². The zero-order valence-electron chi connectivity index (χ0n) is 38.3. The van der Waals surface area contributed by atoms with Gasteiger partial charge in [0.2, 0.25) is 0 Å². The molecule has 6 heterocycles. The molecule has 0 saturated carbocycles. The lowest BCUT2D eigenvalue weighted by Crippen LogP contribution is -2.60. The monoisotopic (exact) mass is 870 g/mol. The molecule has 12 aromatic rings. The molecule has 0 saturated heterocycles. The van der Waals surface area contributed by atoms with Gasteiger partial charge < -0.3 is 18.2 Å². The highest BCUT2D eigenvalue weighted by molar-refractivity contribution is 7.25. The van der Waals surface area contributed by atoms with Crippen LogP contribution in [0.15, 0.2) is 142 Å². The average molecular weight is 871 g/mol. The Kier molecular flexibility index (Phi) is 6.91. The van der Waals surface area contributed by atoms with Crippen LogP contribution in [0.5, 0.6) is 0 Å². The van der Waals surface area contributed by atoms with Gasteiger partial charge in [0, 0.05) is 81.2 Å². The maximum atomic E-state index is 6.77. The van der Waals surface area contributed by atoms with Gasteiger partial charge in [0.25, 0.3) is 0 Å². The highest BCUT2D eigenvalue weighted by Gasteiger charge is 2.45. The van der Waals surface area contributed by atoms with Crippen LogP contribution in [0, 0.1) is 0 Å². The number of hydrogen-bond donors (Lipinski definition) is 0. The van der Waals surface area contributed by atoms with E-state index in [1.807, 2.05) is 11.3 Å². The van der Waals surface area contributed by atoms with E-state index < -0.39 is 0 Å². The van der Waals surface area contributed by atoms with Gasteiger partial charge in [-0.1, -0.05) is 109 Å². The summed E-state index contributed by atoms with van der Waals surface area (Å²) in [6, 6.07) is 50.8. The minimum Gasteiger partial charge on any atom is -0.456 e. The van der Waals surface area contributed by atoms with Gasteiger partial charge in [-0.05, 0) is 129 Å². The molecule has 0 spiro atoms.